The van der Waals surface area contributed by atoms with Crippen LogP contribution in [0.2, 0.25) is 5.02 Å². The first-order valence-electron chi connectivity index (χ1n) is 12.6. The summed E-state index contributed by atoms with van der Waals surface area (Å²) >= 11 is 9.84. The van der Waals surface area contributed by atoms with Crippen molar-refractivity contribution in [2.75, 3.05) is 0 Å². The molecule has 3 aromatic heterocycles. The lowest BCUT2D eigenvalue weighted by Crippen LogP contribution is -2.00. The molecular weight excluding hydrogens is 538 g/mol. The second kappa shape index (κ2) is 8.95. The van der Waals surface area contributed by atoms with Gasteiger partial charge in [0.2, 0.25) is 0 Å². The number of hydrogen-bond donors (Lipinski definition) is 0. The molecule has 0 aliphatic carbocycles. The van der Waals surface area contributed by atoms with Gasteiger partial charge in [0.25, 0.3) is 0 Å². The van der Waals surface area contributed by atoms with E-state index >= 15 is 0 Å². The predicted molar refractivity (Wildman–Crippen MR) is 167 cm³/mol. The highest BCUT2D eigenvalue weighted by Crippen LogP contribution is 2.42. The van der Waals surface area contributed by atoms with Crippen molar-refractivity contribution in [2.45, 2.75) is 0 Å². The Balaban J connectivity index is 1.42. The van der Waals surface area contributed by atoms with Crippen molar-refractivity contribution >= 4 is 74.6 Å². The Morgan fingerprint density at radius 3 is 1.74 bits per heavy atom. The fourth-order valence-electron chi connectivity index (χ4n) is 5.20. The second-order valence-electron chi connectivity index (χ2n) is 9.38. The number of aromatic nitrogens is 3. The van der Waals surface area contributed by atoms with Gasteiger partial charge in [-0.15, -0.1) is 22.7 Å². The Hall–Kier alpha value is -4.16. The summed E-state index contributed by atoms with van der Waals surface area (Å²) in [6.45, 7) is 0. The van der Waals surface area contributed by atoms with Gasteiger partial charge in [-0.1, -0.05) is 90.5 Å². The van der Waals surface area contributed by atoms with Gasteiger partial charge in [-0.2, -0.15) is 0 Å². The van der Waals surface area contributed by atoms with Crippen LogP contribution in [-0.4, -0.2) is 15.0 Å². The molecule has 39 heavy (non-hydrogen) atoms. The number of nitrogens with zero attached hydrogens (tertiary/aromatic N) is 3. The highest BCUT2D eigenvalue weighted by Gasteiger charge is 2.18. The number of fused-ring (bicyclic) bond motifs is 6. The predicted octanol–water partition coefficient (Wildman–Crippen LogP) is 10.3. The van der Waals surface area contributed by atoms with E-state index < -0.39 is 0 Å². The van der Waals surface area contributed by atoms with Gasteiger partial charge in [0.15, 0.2) is 17.5 Å². The van der Waals surface area contributed by atoms with Gasteiger partial charge in [0.05, 0.1) is 0 Å². The van der Waals surface area contributed by atoms with E-state index in [1.807, 2.05) is 42.5 Å². The maximum atomic E-state index is 6.33. The summed E-state index contributed by atoms with van der Waals surface area (Å²) in [5, 5.41) is 5.58. The molecular formula is C33H18ClN3S2. The maximum Gasteiger partial charge on any atom is 0.165 e. The first-order chi connectivity index (χ1) is 19.2. The van der Waals surface area contributed by atoms with E-state index in [0.29, 0.717) is 17.5 Å². The van der Waals surface area contributed by atoms with Crippen LogP contribution in [0.25, 0.3) is 74.5 Å². The monoisotopic (exact) mass is 555 g/mol. The zero-order chi connectivity index (χ0) is 25.9. The van der Waals surface area contributed by atoms with Gasteiger partial charge in [-0.05, 0) is 30.3 Å². The summed E-state index contributed by atoms with van der Waals surface area (Å²) in [4.78, 5) is 15.2. The van der Waals surface area contributed by atoms with E-state index in [2.05, 4.69) is 66.7 Å². The maximum absolute atomic E-state index is 6.33. The molecule has 184 valence electrons. The van der Waals surface area contributed by atoms with Crippen LogP contribution in [0.4, 0.5) is 0 Å². The molecule has 0 atom stereocenters. The molecule has 0 fully saturated rings. The molecule has 0 spiro atoms. The van der Waals surface area contributed by atoms with Crippen molar-refractivity contribution in [1.82, 2.24) is 15.0 Å². The summed E-state index contributed by atoms with van der Waals surface area (Å²) in [5.41, 5.74) is 2.97. The molecule has 0 radical (unpaired) electrons. The fourth-order valence-corrected chi connectivity index (χ4v) is 7.90. The molecule has 6 heteroatoms. The lowest BCUT2D eigenvalue weighted by Gasteiger charge is -2.09. The summed E-state index contributed by atoms with van der Waals surface area (Å²) in [6, 6.07) is 37.5. The van der Waals surface area contributed by atoms with Gasteiger partial charge >= 0.3 is 0 Å². The van der Waals surface area contributed by atoms with Gasteiger partial charge in [0.1, 0.15) is 0 Å². The van der Waals surface area contributed by atoms with Gasteiger partial charge in [-0.25, -0.2) is 15.0 Å². The Kier molecular flexibility index (Phi) is 5.23. The molecule has 8 aromatic rings. The number of thiophene rings is 2. The first kappa shape index (κ1) is 22.8. The Bertz CT molecular complexity index is 2200. The lowest BCUT2D eigenvalue weighted by molar-refractivity contribution is 1.08. The van der Waals surface area contributed by atoms with Crippen LogP contribution in [0.3, 0.4) is 0 Å². The second-order valence-corrected chi connectivity index (χ2v) is 11.9. The Labute approximate surface area is 237 Å². The van der Waals surface area contributed by atoms with Crippen LogP contribution < -0.4 is 0 Å². The minimum atomic E-state index is 0.662. The molecule has 0 aliphatic heterocycles. The standard InChI is InChI=1S/C33H18ClN3S2/c34-20-16-17-22-24-12-7-14-26(30(24)39-28(22)18-20)33-36-31(19-8-2-1-3-9-19)35-32(37-33)25-13-6-11-23-21-10-4-5-15-27(21)38-29(23)25/h1-18H. The third-order valence-electron chi connectivity index (χ3n) is 7.01. The minimum Gasteiger partial charge on any atom is -0.208 e. The van der Waals surface area contributed by atoms with Crippen LogP contribution in [0.5, 0.6) is 0 Å². The first-order valence-corrected chi connectivity index (χ1v) is 14.6. The average molecular weight is 556 g/mol. The van der Waals surface area contributed by atoms with Gasteiger partial charge < -0.3 is 0 Å². The van der Waals surface area contributed by atoms with Crippen molar-refractivity contribution in [3.05, 3.63) is 114 Å². The Morgan fingerprint density at radius 2 is 1.03 bits per heavy atom. The van der Waals surface area contributed by atoms with Crippen LogP contribution in [0, 0.1) is 0 Å². The van der Waals surface area contributed by atoms with Crippen molar-refractivity contribution in [1.29, 1.82) is 0 Å². The van der Waals surface area contributed by atoms with E-state index in [0.717, 1.165) is 31.1 Å². The van der Waals surface area contributed by atoms with Crippen molar-refractivity contribution in [2.24, 2.45) is 0 Å². The van der Waals surface area contributed by atoms with Crippen LogP contribution >= 0.6 is 34.3 Å². The topological polar surface area (TPSA) is 38.7 Å². The highest BCUT2D eigenvalue weighted by molar-refractivity contribution is 7.26. The molecule has 0 N–H and O–H groups in total. The molecule has 5 aromatic carbocycles. The third-order valence-corrected chi connectivity index (χ3v) is 9.67. The van der Waals surface area contributed by atoms with E-state index in [1.54, 1.807) is 22.7 Å². The summed E-state index contributed by atoms with van der Waals surface area (Å²) in [7, 11) is 0. The smallest absolute Gasteiger partial charge is 0.165 e. The normalized spacial score (nSPS) is 11.7. The van der Waals surface area contributed by atoms with Crippen molar-refractivity contribution in [3.63, 3.8) is 0 Å². The van der Waals surface area contributed by atoms with Crippen LogP contribution in [0.1, 0.15) is 0 Å². The van der Waals surface area contributed by atoms with Gasteiger partial charge in [-0.3, -0.25) is 0 Å². The highest BCUT2D eigenvalue weighted by atomic mass is 35.5. The fraction of sp³-hybridized carbons (Fsp3) is 0. The number of halogens is 1. The molecule has 3 nitrogen and oxygen atoms in total. The number of rotatable bonds is 3. The van der Waals surface area contributed by atoms with E-state index in [4.69, 9.17) is 26.6 Å². The minimum absolute atomic E-state index is 0.662. The Morgan fingerprint density at radius 1 is 0.462 bits per heavy atom. The summed E-state index contributed by atoms with van der Waals surface area (Å²) < 4.78 is 4.74. The molecule has 0 saturated carbocycles. The van der Waals surface area contributed by atoms with Crippen LogP contribution in [0.15, 0.2) is 109 Å². The number of benzene rings is 5. The average Bonchev–Trinajstić information content (AvgIpc) is 3.55. The summed E-state index contributed by atoms with van der Waals surface area (Å²) in [6.07, 6.45) is 0. The van der Waals surface area contributed by atoms with E-state index in [9.17, 15) is 0 Å². The SMILES string of the molecule is Clc1ccc2c(c1)sc1c(-c3nc(-c4ccccc4)nc(-c4cccc5c4sc4ccccc45)n3)cccc12. The van der Waals surface area contributed by atoms with E-state index in [1.165, 1.54) is 30.9 Å². The molecule has 0 bridgehead atoms. The third kappa shape index (κ3) is 3.73. The molecule has 0 amide bonds. The quantitative estimate of drug-likeness (QED) is 0.217. The molecule has 8 rings (SSSR count). The van der Waals surface area contributed by atoms with E-state index in [-0.39, 0.29) is 0 Å². The summed E-state index contributed by atoms with van der Waals surface area (Å²) in [5.74, 6) is 2.01. The van der Waals surface area contributed by atoms with Crippen molar-refractivity contribution in [3.8, 4) is 34.2 Å². The zero-order valence-corrected chi connectivity index (χ0v) is 22.8. The van der Waals surface area contributed by atoms with Crippen molar-refractivity contribution < 1.29 is 0 Å². The molecule has 0 unspecified atom stereocenters. The number of hydrogen-bond acceptors (Lipinski definition) is 5. The largest absolute Gasteiger partial charge is 0.208 e. The van der Waals surface area contributed by atoms with Crippen LogP contribution in [-0.2, 0) is 0 Å². The van der Waals surface area contributed by atoms with Gasteiger partial charge in [0, 0.05) is 62.1 Å². The molecule has 0 aliphatic rings. The zero-order valence-electron chi connectivity index (χ0n) is 20.4. The molecule has 3 heterocycles. The molecule has 0 saturated heterocycles. The lowest BCUT2D eigenvalue weighted by atomic mass is 10.1.